The minimum atomic E-state index is -0.0342. The molecule has 0 aliphatic carbocycles. The molecule has 2 bridgehead atoms. The molecule has 5 heteroatoms. The van der Waals surface area contributed by atoms with Crippen LogP contribution in [0.25, 0.3) is 0 Å². The van der Waals surface area contributed by atoms with Crippen molar-refractivity contribution in [3.05, 3.63) is 41.7 Å². The minimum absolute atomic E-state index is 0.0342. The Bertz CT molecular complexity index is 672. The molecule has 1 spiro atoms. The summed E-state index contributed by atoms with van der Waals surface area (Å²) in [6.45, 7) is 7.79. The number of allylic oxidation sites excluding steroid dienone is 1. The summed E-state index contributed by atoms with van der Waals surface area (Å²) < 4.78 is 6.43. The maximum Gasteiger partial charge on any atom is 0.252 e. The van der Waals surface area contributed by atoms with E-state index >= 15 is 0 Å². The van der Waals surface area contributed by atoms with E-state index in [2.05, 4.69) is 34.3 Å². The van der Waals surface area contributed by atoms with Crippen LogP contribution in [0.2, 0.25) is 0 Å². The van der Waals surface area contributed by atoms with Gasteiger partial charge in [-0.25, -0.2) is 0 Å². The van der Waals surface area contributed by atoms with Crippen LogP contribution < -0.4 is 5.32 Å². The molecule has 3 aliphatic rings. The van der Waals surface area contributed by atoms with Gasteiger partial charge in [0, 0.05) is 49.9 Å². The van der Waals surface area contributed by atoms with Crippen molar-refractivity contribution in [1.29, 1.82) is 0 Å². The van der Waals surface area contributed by atoms with Crippen molar-refractivity contribution in [2.75, 3.05) is 26.2 Å². The van der Waals surface area contributed by atoms with E-state index in [9.17, 15) is 4.79 Å². The first-order valence-corrected chi connectivity index (χ1v) is 9.33. The van der Waals surface area contributed by atoms with E-state index in [-0.39, 0.29) is 11.5 Å². The van der Waals surface area contributed by atoms with Gasteiger partial charge in [0.2, 0.25) is 0 Å². The van der Waals surface area contributed by atoms with E-state index in [1.807, 2.05) is 19.1 Å². The van der Waals surface area contributed by atoms with Gasteiger partial charge in [0.15, 0.2) is 0 Å². The second kappa shape index (κ2) is 6.54. The number of hydrogen-bond donors (Lipinski definition) is 1. The summed E-state index contributed by atoms with van der Waals surface area (Å²) in [5, 5.41) is 3.12. The Labute approximate surface area is 149 Å². The second-order valence-electron chi connectivity index (χ2n) is 7.69. The Hall–Kier alpha value is -1.72. The van der Waals surface area contributed by atoms with Gasteiger partial charge in [0.05, 0.1) is 17.3 Å². The minimum Gasteiger partial charge on any atom is -0.370 e. The van der Waals surface area contributed by atoms with Crippen LogP contribution in [0.15, 0.2) is 30.5 Å². The lowest BCUT2D eigenvalue weighted by Gasteiger charge is -2.29. The molecule has 3 aliphatic heterocycles. The molecular formula is C20H27N3O2. The summed E-state index contributed by atoms with van der Waals surface area (Å²) in [7, 11) is 0. The highest BCUT2D eigenvalue weighted by molar-refractivity contribution is 5.93. The Morgan fingerprint density at radius 2 is 2.40 bits per heavy atom. The predicted octanol–water partition coefficient (Wildman–Crippen LogP) is 2.18. The number of fused-ring (bicyclic) bond motifs is 1. The SMILES string of the molecule is CC=CCN1C[C@@H]2[C@H](CNC(=O)c3ccc(C)nc3)[C@H]3CC[C@]2(C1)O3. The number of aryl methyl sites for hydroxylation is 1. The van der Waals surface area contributed by atoms with Gasteiger partial charge in [-0.3, -0.25) is 14.7 Å². The third kappa shape index (κ3) is 3.00. The molecule has 3 fully saturated rings. The molecule has 3 saturated heterocycles. The first kappa shape index (κ1) is 16.7. The zero-order valence-corrected chi connectivity index (χ0v) is 15.1. The summed E-state index contributed by atoms with van der Waals surface area (Å²) in [5.74, 6) is 0.924. The summed E-state index contributed by atoms with van der Waals surface area (Å²) in [6, 6.07) is 3.71. The summed E-state index contributed by atoms with van der Waals surface area (Å²) >= 11 is 0. The van der Waals surface area contributed by atoms with Crippen LogP contribution in [0.4, 0.5) is 0 Å². The first-order valence-electron chi connectivity index (χ1n) is 9.33. The molecule has 0 aromatic carbocycles. The van der Waals surface area contributed by atoms with Crippen molar-refractivity contribution >= 4 is 5.91 Å². The fraction of sp³-hybridized carbons (Fsp3) is 0.600. The van der Waals surface area contributed by atoms with Crippen molar-refractivity contribution in [3.8, 4) is 0 Å². The van der Waals surface area contributed by atoms with Crippen LogP contribution in [0.5, 0.6) is 0 Å². The number of amides is 1. The predicted molar refractivity (Wildman–Crippen MR) is 96.4 cm³/mol. The maximum atomic E-state index is 12.4. The number of nitrogens with zero attached hydrogens (tertiary/aromatic N) is 2. The van der Waals surface area contributed by atoms with Crippen molar-refractivity contribution in [1.82, 2.24) is 15.2 Å². The highest BCUT2D eigenvalue weighted by atomic mass is 16.5. The van der Waals surface area contributed by atoms with E-state index in [4.69, 9.17) is 4.74 Å². The number of likely N-dealkylation sites (tertiary alicyclic amines) is 1. The lowest BCUT2D eigenvalue weighted by atomic mass is 9.73. The standard InChI is InChI=1S/C20H27N3O2/c1-3-4-9-23-12-17-16(18-7-8-20(17,13-23)25-18)11-22-19(24)15-6-5-14(2)21-10-15/h3-6,10,16-18H,7-9,11-13H2,1-2H3,(H,22,24)/t16-,17+,18+,20+/m0/s1. The lowest BCUT2D eigenvalue weighted by Crippen LogP contribution is -2.41. The molecule has 1 amide bonds. The molecule has 1 aromatic rings. The molecule has 0 saturated carbocycles. The number of hydrogen-bond acceptors (Lipinski definition) is 4. The normalized spacial score (nSPS) is 33.9. The van der Waals surface area contributed by atoms with Gasteiger partial charge in [-0.1, -0.05) is 12.2 Å². The largest absolute Gasteiger partial charge is 0.370 e. The number of carbonyl (C=O) groups is 1. The van der Waals surface area contributed by atoms with E-state index in [1.54, 1.807) is 6.20 Å². The van der Waals surface area contributed by atoms with Gasteiger partial charge in [-0.2, -0.15) is 0 Å². The van der Waals surface area contributed by atoms with E-state index in [0.29, 0.717) is 30.0 Å². The zero-order valence-electron chi connectivity index (χ0n) is 15.1. The molecule has 25 heavy (non-hydrogen) atoms. The number of carbonyl (C=O) groups excluding carboxylic acids is 1. The van der Waals surface area contributed by atoms with Crippen LogP contribution in [-0.4, -0.2) is 53.7 Å². The molecule has 4 heterocycles. The molecule has 0 unspecified atom stereocenters. The number of nitrogens with one attached hydrogen (secondary N) is 1. The third-order valence-electron chi connectivity index (χ3n) is 6.13. The topological polar surface area (TPSA) is 54.5 Å². The van der Waals surface area contributed by atoms with Crippen molar-refractivity contribution in [2.24, 2.45) is 11.8 Å². The monoisotopic (exact) mass is 341 g/mol. The Balaban J connectivity index is 1.39. The zero-order chi connectivity index (χ0) is 17.4. The van der Waals surface area contributed by atoms with E-state index < -0.39 is 0 Å². The summed E-state index contributed by atoms with van der Waals surface area (Å²) in [5.41, 5.74) is 1.59. The average Bonchev–Trinajstić information content (AvgIpc) is 3.26. The van der Waals surface area contributed by atoms with Gasteiger partial charge in [-0.05, 0) is 38.8 Å². The summed E-state index contributed by atoms with van der Waals surface area (Å²) in [4.78, 5) is 19.1. The Morgan fingerprint density at radius 3 is 3.16 bits per heavy atom. The van der Waals surface area contributed by atoms with Crippen LogP contribution >= 0.6 is 0 Å². The number of pyridine rings is 1. The molecule has 1 N–H and O–H groups in total. The van der Waals surface area contributed by atoms with Crippen LogP contribution in [0, 0.1) is 18.8 Å². The number of ether oxygens (including phenoxy) is 1. The quantitative estimate of drug-likeness (QED) is 0.834. The van der Waals surface area contributed by atoms with Gasteiger partial charge in [-0.15, -0.1) is 0 Å². The molecule has 134 valence electrons. The molecule has 0 radical (unpaired) electrons. The van der Waals surface area contributed by atoms with Crippen molar-refractivity contribution < 1.29 is 9.53 Å². The number of aromatic nitrogens is 1. The summed E-state index contributed by atoms with van der Waals surface area (Å²) in [6.07, 6.45) is 8.58. The van der Waals surface area contributed by atoms with Crippen molar-refractivity contribution in [2.45, 2.75) is 38.4 Å². The second-order valence-corrected chi connectivity index (χ2v) is 7.69. The molecule has 5 nitrogen and oxygen atoms in total. The highest BCUT2D eigenvalue weighted by Gasteiger charge is 2.62. The van der Waals surface area contributed by atoms with Gasteiger partial charge >= 0.3 is 0 Å². The van der Waals surface area contributed by atoms with Crippen molar-refractivity contribution in [3.63, 3.8) is 0 Å². The Morgan fingerprint density at radius 1 is 1.52 bits per heavy atom. The van der Waals surface area contributed by atoms with Gasteiger partial charge in [0.25, 0.3) is 5.91 Å². The first-order chi connectivity index (χ1) is 12.1. The maximum absolute atomic E-state index is 12.4. The molecule has 4 atom stereocenters. The lowest BCUT2D eigenvalue weighted by molar-refractivity contribution is 0.00365. The van der Waals surface area contributed by atoms with E-state index in [1.165, 1.54) is 6.42 Å². The molecule has 4 rings (SSSR count). The van der Waals surface area contributed by atoms with Crippen LogP contribution in [0.3, 0.4) is 0 Å². The van der Waals surface area contributed by atoms with Gasteiger partial charge < -0.3 is 10.1 Å². The Kier molecular flexibility index (Phi) is 4.38. The average molecular weight is 341 g/mol. The molecule has 1 aromatic heterocycles. The number of rotatable bonds is 5. The van der Waals surface area contributed by atoms with Gasteiger partial charge in [0.1, 0.15) is 0 Å². The van der Waals surface area contributed by atoms with E-state index in [0.717, 1.165) is 31.7 Å². The van der Waals surface area contributed by atoms with Crippen LogP contribution in [0.1, 0.15) is 35.8 Å². The highest BCUT2D eigenvalue weighted by Crippen LogP contribution is 2.54. The van der Waals surface area contributed by atoms with Crippen LogP contribution in [-0.2, 0) is 4.74 Å². The smallest absolute Gasteiger partial charge is 0.252 e. The third-order valence-corrected chi connectivity index (χ3v) is 6.13. The molecular weight excluding hydrogens is 314 g/mol. The fourth-order valence-corrected chi connectivity index (χ4v) is 4.87. The fourth-order valence-electron chi connectivity index (χ4n) is 4.87.